The SMILES string of the molecule is NC(=O)C1CCC(CNc2ccc3ncccc3c2[N+](=O)[O-])O1. The number of primary amides is 1. The van der Waals surface area contributed by atoms with E-state index >= 15 is 0 Å². The number of hydrogen-bond acceptors (Lipinski definition) is 6. The zero-order valence-corrected chi connectivity index (χ0v) is 12.3. The van der Waals surface area contributed by atoms with Gasteiger partial charge in [-0.2, -0.15) is 0 Å². The van der Waals surface area contributed by atoms with Crippen LogP contribution in [0.25, 0.3) is 10.9 Å². The smallest absolute Gasteiger partial charge is 0.301 e. The molecule has 0 saturated carbocycles. The van der Waals surface area contributed by atoms with Gasteiger partial charge in [-0.1, -0.05) is 0 Å². The molecule has 0 radical (unpaired) electrons. The zero-order valence-electron chi connectivity index (χ0n) is 12.3. The van der Waals surface area contributed by atoms with E-state index in [9.17, 15) is 14.9 Å². The number of nitro groups is 1. The number of nitrogens with one attached hydrogen (secondary N) is 1. The fourth-order valence-corrected chi connectivity index (χ4v) is 2.77. The van der Waals surface area contributed by atoms with Gasteiger partial charge in [-0.15, -0.1) is 0 Å². The highest BCUT2D eigenvalue weighted by atomic mass is 16.6. The standard InChI is InChI=1S/C15H16N4O4/c16-15(20)13-6-3-9(23-13)8-18-12-5-4-11-10(2-1-7-17-11)14(12)19(21)22/h1-2,4-5,7,9,13,18H,3,6,8H2,(H2,16,20). The minimum atomic E-state index is -0.572. The van der Waals surface area contributed by atoms with Crippen LogP contribution in [0.2, 0.25) is 0 Å². The van der Waals surface area contributed by atoms with Gasteiger partial charge in [-0.25, -0.2) is 0 Å². The van der Waals surface area contributed by atoms with E-state index in [-0.39, 0.29) is 11.8 Å². The van der Waals surface area contributed by atoms with E-state index in [1.807, 2.05) is 0 Å². The number of hydrogen-bond donors (Lipinski definition) is 2. The molecule has 1 amide bonds. The molecule has 2 atom stereocenters. The third kappa shape index (κ3) is 3.07. The Morgan fingerprint density at radius 2 is 2.26 bits per heavy atom. The number of rotatable bonds is 5. The normalized spacial score (nSPS) is 20.5. The van der Waals surface area contributed by atoms with Crippen LogP contribution in [0.15, 0.2) is 30.5 Å². The van der Waals surface area contributed by atoms with Crippen molar-refractivity contribution in [3.8, 4) is 0 Å². The summed E-state index contributed by atoms with van der Waals surface area (Å²) in [5.74, 6) is -0.477. The molecule has 1 aromatic carbocycles. The van der Waals surface area contributed by atoms with Gasteiger partial charge in [0.2, 0.25) is 5.91 Å². The van der Waals surface area contributed by atoms with Crippen molar-refractivity contribution in [1.29, 1.82) is 0 Å². The number of nitrogens with zero attached hydrogens (tertiary/aromatic N) is 2. The molecule has 2 unspecified atom stereocenters. The second-order valence-electron chi connectivity index (χ2n) is 5.40. The molecule has 0 spiro atoms. The van der Waals surface area contributed by atoms with Gasteiger partial charge in [0.1, 0.15) is 11.8 Å². The number of carbonyl (C=O) groups excluding carboxylic acids is 1. The van der Waals surface area contributed by atoms with Gasteiger partial charge in [-0.3, -0.25) is 19.9 Å². The molecule has 1 saturated heterocycles. The highest BCUT2D eigenvalue weighted by Crippen LogP contribution is 2.32. The molecule has 0 aliphatic carbocycles. The summed E-state index contributed by atoms with van der Waals surface area (Å²) >= 11 is 0. The van der Waals surface area contributed by atoms with Crippen LogP contribution in [0.1, 0.15) is 12.8 Å². The first-order valence-corrected chi connectivity index (χ1v) is 7.27. The minimum absolute atomic E-state index is 0.0138. The summed E-state index contributed by atoms with van der Waals surface area (Å²) in [5.41, 5.74) is 6.17. The monoisotopic (exact) mass is 316 g/mol. The minimum Gasteiger partial charge on any atom is -0.377 e. The zero-order chi connectivity index (χ0) is 16.4. The first-order chi connectivity index (χ1) is 11.1. The van der Waals surface area contributed by atoms with Gasteiger partial charge in [0, 0.05) is 12.7 Å². The highest BCUT2D eigenvalue weighted by molar-refractivity contribution is 5.94. The lowest BCUT2D eigenvalue weighted by atomic mass is 10.1. The molecule has 2 aromatic rings. The topological polar surface area (TPSA) is 120 Å². The number of carbonyl (C=O) groups is 1. The Morgan fingerprint density at radius 1 is 1.43 bits per heavy atom. The van der Waals surface area contributed by atoms with Crippen molar-refractivity contribution >= 4 is 28.2 Å². The number of benzene rings is 1. The lowest BCUT2D eigenvalue weighted by Crippen LogP contribution is -2.30. The fourth-order valence-electron chi connectivity index (χ4n) is 2.77. The van der Waals surface area contributed by atoms with E-state index in [0.717, 1.165) is 0 Å². The van der Waals surface area contributed by atoms with Gasteiger partial charge in [0.25, 0.3) is 0 Å². The number of pyridine rings is 1. The number of nitrogens with two attached hydrogens (primary N) is 1. The average Bonchev–Trinajstić information content (AvgIpc) is 3.01. The molecule has 2 heterocycles. The number of anilines is 1. The van der Waals surface area contributed by atoms with Gasteiger partial charge in [0.15, 0.2) is 0 Å². The van der Waals surface area contributed by atoms with Crippen LogP contribution < -0.4 is 11.1 Å². The fraction of sp³-hybridized carbons (Fsp3) is 0.333. The molecule has 8 nitrogen and oxygen atoms in total. The van der Waals surface area contributed by atoms with Crippen molar-refractivity contribution in [2.24, 2.45) is 5.73 Å². The number of amides is 1. The van der Waals surface area contributed by atoms with Crippen molar-refractivity contribution in [2.45, 2.75) is 25.0 Å². The highest BCUT2D eigenvalue weighted by Gasteiger charge is 2.29. The van der Waals surface area contributed by atoms with Crippen molar-refractivity contribution in [3.05, 3.63) is 40.6 Å². The van der Waals surface area contributed by atoms with Crippen molar-refractivity contribution in [3.63, 3.8) is 0 Å². The Bertz CT molecular complexity index is 764. The van der Waals surface area contributed by atoms with Gasteiger partial charge in [0.05, 0.1) is 21.9 Å². The lowest BCUT2D eigenvalue weighted by molar-refractivity contribution is -0.382. The molecule has 120 valence electrons. The van der Waals surface area contributed by atoms with Crippen molar-refractivity contribution in [1.82, 2.24) is 4.98 Å². The molecule has 1 aromatic heterocycles. The summed E-state index contributed by atoms with van der Waals surface area (Å²) in [6.07, 6.45) is 2.08. The molecule has 1 fully saturated rings. The Morgan fingerprint density at radius 3 is 2.96 bits per heavy atom. The van der Waals surface area contributed by atoms with E-state index in [2.05, 4.69) is 10.3 Å². The summed E-state index contributed by atoms with van der Waals surface area (Å²) in [6, 6.07) is 6.69. The number of fused-ring (bicyclic) bond motifs is 1. The maximum absolute atomic E-state index is 11.4. The third-order valence-electron chi connectivity index (χ3n) is 3.88. The van der Waals surface area contributed by atoms with E-state index in [1.165, 1.54) is 0 Å². The largest absolute Gasteiger partial charge is 0.377 e. The Labute approximate surface area is 131 Å². The second kappa shape index (κ2) is 6.17. The maximum atomic E-state index is 11.4. The number of aromatic nitrogens is 1. The molecular formula is C15H16N4O4. The molecule has 1 aliphatic heterocycles. The average molecular weight is 316 g/mol. The van der Waals surface area contributed by atoms with Crippen molar-refractivity contribution in [2.75, 3.05) is 11.9 Å². The summed E-state index contributed by atoms with van der Waals surface area (Å²) in [4.78, 5) is 26.2. The number of ether oxygens (including phenoxy) is 1. The van der Waals surface area contributed by atoms with Gasteiger partial charge < -0.3 is 15.8 Å². The Kier molecular flexibility index (Phi) is 4.07. The number of nitro benzene ring substituents is 1. The van der Waals surface area contributed by atoms with E-state index in [4.69, 9.17) is 10.5 Å². The molecule has 3 rings (SSSR count). The van der Waals surface area contributed by atoms with Gasteiger partial charge in [-0.05, 0) is 37.1 Å². The van der Waals surface area contributed by atoms with E-state index < -0.39 is 16.9 Å². The van der Waals surface area contributed by atoms with E-state index in [0.29, 0.717) is 36.0 Å². The maximum Gasteiger partial charge on any atom is 0.301 e. The predicted octanol–water partition coefficient (Wildman–Crippen LogP) is 1.59. The van der Waals surface area contributed by atoms with Crippen LogP contribution in [0.3, 0.4) is 0 Å². The Balaban J connectivity index is 1.79. The third-order valence-corrected chi connectivity index (χ3v) is 3.88. The lowest BCUT2D eigenvalue weighted by Gasteiger charge is -2.14. The Hall–Kier alpha value is -2.74. The van der Waals surface area contributed by atoms with Crippen LogP contribution in [-0.2, 0) is 9.53 Å². The molecule has 8 heteroatoms. The molecule has 23 heavy (non-hydrogen) atoms. The summed E-state index contributed by atoms with van der Waals surface area (Å²) in [6.45, 7) is 0.371. The molecular weight excluding hydrogens is 300 g/mol. The first kappa shape index (κ1) is 15.2. The molecule has 1 aliphatic rings. The van der Waals surface area contributed by atoms with Crippen LogP contribution >= 0.6 is 0 Å². The van der Waals surface area contributed by atoms with Crippen LogP contribution in [0, 0.1) is 10.1 Å². The predicted molar refractivity (Wildman–Crippen MR) is 84.0 cm³/mol. The van der Waals surface area contributed by atoms with Gasteiger partial charge >= 0.3 is 5.69 Å². The van der Waals surface area contributed by atoms with Crippen molar-refractivity contribution < 1.29 is 14.5 Å². The second-order valence-corrected chi connectivity index (χ2v) is 5.40. The molecule has 0 bridgehead atoms. The van der Waals surface area contributed by atoms with Crippen LogP contribution in [-0.4, -0.2) is 34.6 Å². The van der Waals surface area contributed by atoms with Crippen LogP contribution in [0.5, 0.6) is 0 Å². The van der Waals surface area contributed by atoms with Crippen LogP contribution in [0.4, 0.5) is 11.4 Å². The van der Waals surface area contributed by atoms with E-state index in [1.54, 1.807) is 30.5 Å². The first-order valence-electron chi connectivity index (χ1n) is 7.27. The summed E-state index contributed by atoms with van der Waals surface area (Å²) < 4.78 is 5.51. The quantitative estimate of drug-likeness (QED) is 0.638. The molecule has 3 N–H and O–H groups in total. The summed E-state index contributed by atoms with van der Waals surface area (Å²) in [7, 11) is 0. The summed E-state index contributed by atoms with van der Waals surface area (Å²) in [5, 5.41) is 14.9.